The minimum atomic E-state index is -0.311. The predicted molar refractivity (Wildman–Crippen MR) is 39.6 cm³/mol. The summed E-state index contributed by atoms with van der Waals surface area (Å²) in [6.45, 7) is 3.59. The highest BCUT2D eigenvalue weighted by atomic mass is 32.2. The summed E-state index contributed by atoms with van der Waals surface area (Å²) in [6.07, 6.45) is 0. The number of thioether (sulfide) groups is 1. The van der Waals surface area contributed by atoms with Gasteiger partial charge in [-0.05, 0) is 13.8 Å². The summed E-state index contributed by atoms with van der Waals surface area (Å²) in [5, 5.41) is 8.68. The summed E-state index contributed by atoms with van der Waals surface area (Å²) in [5.41, 5.74) is 0. The zero-order chi connectivity index (χ0) is 7.33. The summed E-state index contributed by atoms with van der Waals surface area (Å²) in [7, 11) is 0. The minimum absolute atomic E-state index is 0.109. The fourth-order valence-corrected chi connectivity index (χ4v) is 1.08. The first-order valence-electron chi connectivity index (χ1n) is 2.93. The van der Waals surface area contributed by atoms with E-state index in [-0.39, 0.29) is 18.0 Å². The van der Waals surface area contributed by atoms with Crippen LogP contribution < -0.4 is 0 Å². The lowest BCUT2D eigenvalue weighted by Gasteiger charge is -2.19. The van der Waals surface area contributed by atoms with E-state index in [9.17, 15) is 4.39 Å². The summed E-state index contributed by atoms with van der Waals surface area (Å²) < 4.78 is 11.4. The molecule has 1 nitrogen and oxygen atoms in total. The monoisotopic (exact) mass is 152 g/mol. The van der Waals surface area contributed by atoms with Gasteiger partial charge in [-0.1, -0.05) is 0 Å². The molecule has 0 radical (unpaired) electrons. The van der Waals surface area contributed by atoms with E-state index in [4.69, 9.17) is 5.11 Å². The van der Waals surface area contributed by atoms with Gasteiger partial charge in [0, 0.05) is 10.5 Å². The van der Waals surface area contributed by atoms with Crippen LogP contribution in [-0.2, 0) is 0 Å². The van der Waals surface area contributed by atoms with Crippen LogP contribution in [0, 0.1) is 0 Å². The van der Waals surface area contributed by atoms with Gasteiger partial charge in [0.1, 0.15) is 0 Å². The molecule has 0 amide bonds. The molecule has 9 heavy (non-hydrogen) atoms. The highest BCUT2D eigenvalue weighted by Gasteiger charge is 2.15. The van der Waals surface area contributed by atoms with Crippen molar-refractivity contribution in [3.63, 3.8) is 0 Å². The Kier molecular flexibility index (Phi) is 4.23. The van der Waals surface area contributed by atoms with E-state index in [0.29, 0.717) is 5.75 Å². The maximum absolute atomic E-state index is 11.6. The van der Waals surface area contributed by atoms with Crippen molar-refractivity contribution in [3.8, 4) is 0 Å². The summed E-state index contributed by atoms with van der Waals surface area (Å²) in [5.74, 6) is 0.480. The fourth-order valence-electron chi connectivity index (χ4n) is 0.361. The largest absolute Gasteiger partial charge is 0.395 e. The van der Waals surface area contributed by atoms with E-state index in [1.807, 2.05) is 13.8 Å². The maximum Gasteiger partial charge on any atom is 0.0985 e. The average molecular weight is 152 g/mol. The number of aliphatic hydroxyl groups is 1. The van der Waals surface area contributed by atoms with Crippen LogP contribution in [0.2, 0.25) is 0 Å². The standard InChI is InChI=1S/C6H13FOS/c1-6(2,5-8)9-4-3-7/h8H,3-5H2,1-2H3. The molecule has 0 saturated heterocycles. The predicted octanol–water partition coefficient (Wildman–Crippen LogP) is 1.46. The molecule has 0 bridgehead atoms. The molecule has 0 spiro atoms. The average Bonchev–Trinajstić information content (AvgIpc) is 1.84. The number of alkyl halides is 1. The third-order valence-corrected chi connectivity index (χ3v) is 2.22. The fraction of sp³-hybridized carbons (Fsp3) is 1.00. The number of hydrogen-bond acceptors (Lipinski definition) is 2. The van der Waals surface area contributed by atoms with Gasteiger partial charge < -0.3 is 5.11 Å². The second kappa shape index (κ2) is 4.12. The normalized spacial score (nSPS) is 12.0. The molecule has 0 aromatic carbocycles. The van der Waals surface area contributed by atoms with Crippen LogP contribution in [0.25, 0.3) is 0 Å². The quantitative estimate of drug-likeness (QED) is 0.658. The second-order valence-electron chi connectivity index (χ2n) is 2.46. The van der Waals surface area contributed by atoms with Crippen molar-refractivity contribution in [2.24, 2.45) is 0 Å². The van der Waals surface area contributed by atoms with E-state index in [2.05, 4.69) is 0 Å². The van der Waals surface area contributed by atoms with Crippen molar-refractivity contribution < 1.29 is 9.50 Å². The Morgan fingerprint density at radius 1 is 1.56 bits per heavy atom. The van der Waals surface area contributed by atoms with Crippen LogP contribution >= 0.6 is 11.8 Å². The minimum Gasteiger partial charge on any atom is -0.395 e. The number of hydrogen-bond donors (Lipinski definition) is 1. The van der Waals surface area contributed by atoms with E-state index in [1.54, 1.807) is 0 Å². The van der Waals surface area contributed by atoms with Gasteiger partial charge in [-0.3, -0.25) is 4.39 Å². The highest BCUT2D eigenvalue weighted by Crippen LogP contribution is 2.22. The van der Waals surface area contributed by atoms with Gasteiger partial charge in [0.2, 0.25) is 0 Å². The molecule has 0 heterocycles. The van der Waals surface area contributed by atoms with E-state index >= 15 is 0 Å². The van der Waals surface area contributed by atoms with Crippen LogP contribution in [-0.4, -0.2) is 28.9 Å². The molecule has 56 valence electrons. The number of halogens is 1. The first-order valence-corrected chi connectivity index (χ1v) is 3.92. The van der Waals surface area contributed by atoms with Crippen molar-refractivity contribution >= 4 is 11.8 Å². The molecule has 0 aliphatic carbocycles. The molecule has 1 N–H and O–H groups in total. The molecule has 0 rings (SSSR count). The van der Waals surface area contributed by atoms with Crippen molar-refractivity contribution in [2.75, 3.05) is 19.0 Å². The van der Waals surface area contributed by atoms with Crippen molar-refractivity contribution in [2.45, 2.75) is 18.6 Å². The van der Waals surface area contributed by atoms with Crippen molar-refractivity contribution in [1.82, 2.24) is 0 Å². The van der Waals surface area contributed by atoms with Gasteiger partial charge in [0.25, 0.3) is 0 Å². The first kappa shape index (κ1) is 9.24. The molecule has 0 aliphatic heterocycles. The molecular formula is C6H13FOS. The summed E-state index contributed by atoms with van der Waals surface area (Å²) in [4.78, 5) is 0. The van der Waals surface area contributed by atoms with Gasteiger partial charge >= 0.3 is 0 Å². The topological polar surface area (TPSA) is 20.2 Å². The van der Waals surface area contributed by atoms with Crippen LogP contribution in [0.4, 0.5) is 4.39 Å². The molecular weight excluding hydrogens is 139 g/mol. The van der Waals surface area contributed by atoms with E-state index in [0.717, 1.165) is 0 Å². The SMILES string of the molecule is CC(C)(CO)SCCF. The molecule has 0 unspecified atom stereocenters. The maximum atomic E-state index is 11.6. The van der Waals surface area contributed by atoms with Gasteiger partial charge in [0.15, 0.2) is 0 Å². The van der Waals surface area contributed by atoms with Gasteiger partial charge in [-0.15, -0.1) is 0 Å². The lowest BCUT2D eigenvalue weighted by molar-refractivity contribution is 0.265. The molecule has 0 aromatic heterocycles. The summed E-state index contributed by atoms with van der Waals surface area (Å²) in [6, 6.07) is 0. The smallest absolute Gasteiger partial charge is 0.0985 e. The molecule has 0 saturated carbocycles. The number of aliphatic hydroxyl groups excluding tert-OH is 1. The Morgan fingerprint density at radius 2 is 2.11 bits per heavy atom. The van der Waals surface area contributed by atoms with E-state index in [1.165, 1.54) is 11.8 Å². The van der Waals surface area contributed by atoms with Crippen molar-refractivity contribution in [3.05, 3.63) is 0 Å². The third kappa shape index (κ3) is 4.73. The zero-order valence-electron chi connectivity index (χ0n) is 5.85. The first-order chi connectivity index (χ1) is 4.12. The Bertz CT molecular complexity index is 75.5. The van der Waals surface area contributed by atoms with Crippen LogP contribution in [0.5, 0.6) is 0 Å². The molecule has 3 heteroatoms. The van der Waals surface area contributed by atoms with Gasteiger partial charge in [-0.25, -0.2) is 0 Å². The van der Waals surface area contributed by atoms with Crippen molar-refractivity contribution in [1.29, 1.82) is 0 Å². The Balaban J connectivity index is 3.33. The third-order valence-electron chi connectivity index (χ3n) is 0.951. The second-order valence-corrected chi connectivity index (χ2v) is 4.26. The summed E-state index contributed by atoms with van der Waals surface area (Å²) >= 11 is 1.45. The van der Waals surface area contributed by atoms with Gasteiger partial charge in [-0.2, -0.15) is 11.8 Å². The van der Waals surface area contributed by atoms with Crippen LogP contribution in [0.3, 0.4) is 0 Å². The van der Waals surface area contributed by atoms with Gasteiger partial charge in [0.05, 0.1) is 13.3 Å². The number of rotatable bonds is 4. The molecule has 0 atom stereocenters. The zero-order valence-corrected chi connectivity index (χ0v) is 6.67. The molecule has 0 aliphatic rings. The Morgan fingerprint density at radius 3 is 2.44 bits per heavy atom. The lowest BCUT2D eigenvalue weighted by Crippen LogP contribution is -2.20. The Hall–Kier alpha value is 0.240. The molecule has 0 fully saturated rings. The lowest BCUT2D eigenvalue weighted by atomic mass is 10.2. The molecule has 0 aromatic rings. The Labute approximate surface area is 59.6 Å². The van der Waals surface area contributed by atoms with E-state index < -0.39 is 0 Å². The van der Waals surface area contributed by atoms with Crippen LogP contribution in [0.15, 0.2) is 0 Å². The van der Waals surface area contributed by atoms with Crippen LogP contribution in [0.1, 0.15) is 13.8 Å². The highest BCUT2D eigenvalue weighted by molar-refractivity contribution is 8.00.